The summed E-state index contributed by atoms with van der Waals surface area (Å²) in [7, 11) is -7.58. The van der Waals surface area contributed by atoms with Crippen LogP contribution in [0.15, 0.2) is 0 Å². The minimum absolute atomic E-state index is 0.107. The third-order valence-electron chi connectivity index (χ3n) is 3.14. The fourth-order valence-electron chi connectivity index (χ4n) is 2.58. The van der Waals surface area contributed by atoms with Gasteiger partial charge in [-0.05, 0) is 87.4 Å². The van der Waals surface area contributed by atoms with Gasteiger partial charge in [-0.1, -0.05) is 13.8 Å². The lowest BCUT2D eigenvalue weighted by Gasteiger charge is -2.44. The monoisotopic (exact) mass is 484 g/mol. The van der Waals surface area contributed by atoms with Crippen molar-refractivity contribution in [3.05, 3.63) is 0 Å². The molecule has 0 spiro atoms. The third kappa shape index (κ3) is 13.9. The zero-order valence-electron chi connectivity index (χ0n) is 21.1. The van der Waals surface area contributed by atoms with Crippen LogP contribution < -0.4 is 0 Å². The average molecular weight is 485 g/mol. The average Bonchev–Trinajstić information content (AvgIpc) is 2.40. The van der Waals surface area contributed by atoms with E-state index in [0.29, 0.717) is 6.04 Å². The summed E-state index contributed by atoms with van der Waals surface area (Å²) in [5, 5.41) is 0. The van der Waals surface area contributed by atoms with Gasteiger partial charge < -0.3 is 33.2 Å². The van der Waals surface area contributed by atoms with Crippen molar-refractivity contribution < 1.29 is 33.2 Å². The van der Waals surface area contributed by atoms with Gasteiger partial charge in [0.15, 0.2) is 0 Å². The molecular weight excluding hydrogens is 439 g/mol. The summed E-state index contributed by atoms with van der Waals surface area (Å²) in [5.74, 6) is 0.150. The van der Waals surface area contributed by atoms with Crippen LogP contribution in [0.5, 0.6) is 0 Å². The summed E-state index contributed by atoms with van der Waals surface area (Å²) in [6.45, 7) is 22.9. The van der Waals surface area contributed by atoms with Crippen molar-refractivity contribution in [2.75, 3.05) is 0 Å². The van der Waals surface area contributed by atoms with Crippen LogP contribution in [-0.2, 0) is 28.4 Å². The predicted octanol–water partition coefficient (Wildman–Crippen LogP) is 4.15. The highest BCUT2D eigenvalue weighted by Gasteiger charge is 2.55. The summed E-state index contributed by atoms with van der Waals surface area (Å²) in [5.41, 5.74) is 0. The van der Waals surface area contributed by atoms with Crippen LogP contribution in [0.2, 0.25) is 6.04 Å². The Morgan fingerprint density at radius 3 is 1.33 bits per heavy atom. The van der Waals surface area contributed by atoms with Crippen LogP contribution >= 0.6 is 0 Å². The molecule has 0 aromatic carbocycles. The Morgan fingerprint density at radius 2 is 1.03 bits per heavy atom. The molecule has 0 aromatic rings. The Kier molecular flexibility index (Phi) is 14.3. The molecule has 0 heterocycles. The van der Waals surface area contributed by atoms with E-state index < -0.39 is 33.0 Å². The molecule has 0 aliphatic carbocycles. The van der Waals surface area contributed by atoms with Gasteiger partial charge in [-0.2, -0.15) is 0 Å². The molecule has 8 nitrogen and oxygen atoms in total. The number of rotatable bonds is 16. The number of hydrogen-bond donors (Lipinski definition) is 1. The third-order valence-corrected chi connectivity index (χ3v) is 12.6. The Balaban J connectivity index is 6.13. The second-order valence-electron chi connectivity index (χ2n) is 9.19. The molecule has 181 valence electrons. The van der Waals surface area contributed by atoms with E-state index in [9.17, 15) is 4.80 Å². The molecule has 11 heteroatoms. The van der Waals surface area contributed by atoms with E-state index in [0.717, 1.165) is 0 Å². The maximum atomic E-state index is 11.4. The van der Waals surface area contributed by atoms with Gasteiger partial charge >= 0.3 is 33.0 Å². The lowest BCUT2D eigenvalue weighted by atomic mass is 10.3. The summed E-state index contributed by atoms with van der Waals surface area (Å²) in [6, 6.07) is 0.356. The Hall–Kier alpha value is 0.646. The first kappa shape index (κ1) is 30.6. The van der Waals surface area contributed by atoms with Crippen molar-refractivity contribution in [3.8, 4) is 0 Å². The van der Waals surface area contributed by atoms with Crippen LogP contribution in [0, 0.1) is 5.92 Å². The molecule has 0 amide bonds. The SMILES string of the molecule is CC(C)C[Si@@](O)(OC(C)C)O[Si](OC(C)C)(OC(C)C)[O][Al-]([O]C(C)C)[O]C(C)C. The van der Waals surface area contributed by atoms with Gasteiger partial charge in [0.25, 0.3) is 0 Å². The van der Waals surface area contributed by atoms with E-state index in [1.54, 1.807) is 0 Å². The maximum absolute atomic E-state index is 11.4. The summed E-state index contributed by atoms with van der Waals surface area (Å²) in [6.07, 6.45) is -0.969. The summed E-state index contributed by atoms with van der Waals surface area (Å²) >= 11 is -2.71. The molecular formula is C19H45AlO8Si2-. The molecule has 1 N–H and O–H groups in total. The molecule has 30 heavy (non-hydrogen) atoms. The van der Waals surface area contributed by atoms with Crippen molar-refractivity contribution in [1.29, 1.82) is 0 Å². The second-order valence-corrected chi connectivity index (χ2v) is 15.6. The summed E-state index contributed by atoms with van der Waals surface area (Å²) in [4.78, 5) is 11.4. The smallest absolute Gasteiger partial charge is 0.613 e. The molecule has 0 rings (SSSR count). The van der Waals surface area contributed by atoms with Gasteiger partial charge in [-0.15, -0.1) is 0 Å². The van der Waals surface area contributed by atoms with E-state index in [-0.39, 0.29) is 36.4 Å². The van der Waals surface area contributed by atoms with Crippen molar-refractivity contribution in [2.24, 2.45) is 5.92 Å². The molecule has 0 unspecified atom stereocenters. The van der Waals surface area contributed by atoms with Crippen molar-refractivity contribution in [2.45, 2.75) is 120 Å². The minimum atomic E-state index is -3.89. The lowest BCUT2D eigenvalue weighted by Crippen LogP contribution is -2.64. The molecule has 0 aromatic heterocycles. The summed E-state index contributed by atoms with van der Waals surface area (Å²) < 4.78 is 42.7. The topological polar surface area (TPSA) is 84.8 Å². The lowest BCUT2D eigenvalue weighted by molar-refractivity contribution is -0.0461. The van der Waals surface area contributed by atoms with Gasteiger partial charge in [0.05, 0.1) is 0 Å². The van der Waals surface area contributed by atoms with Gasteiger partial charge in [-0.25, -0.2) is 0 Å². The van der Waals surface area contributed by atoms with Crippen LogP contribution in [0.3, 0.4) is 0 Å². The van der Waals surface area contributed by atoms with Crippen molar-refractivity contribution >= 4 is 33.0 Å². The molecule has 0 fully saturated rings. The molecule has 0 aliphatic heterocycles. The molecule has 0 aliphatic rings. The van der Waals surface area contributed by atoms with Gasteiger partial charge in [-0.3, -0.25) is 0 Å². The highest BCUT2D eigenvalue weighted by atomic mass is 28.5. The largest absolute Gasteiger partial charge is 0.632 e. The van der Waals surface area contributed by atoms with E-state index in [2.05, 4.69) is 0 Å². The first-order chi connectivity index (χ1) is 13.6. The maximum Gasteiger partial charge on any atom is 0.613 e. The molecule has 0 saturated carbocycles. The first-order valence-electron chi connectivity index (χ1n) is 11.0. The van der Waals surface area contributed by atoms with Gasteiger partial charge in [0.1, 0.15) is 0 Å². The normalized spacial score (nSPS) is 15.6. The van der Waals surface area contributed by atoms with Gasteiger partial charge in [0.2, 0.25) is 0 Å². The quantitative estimate of drug-likeness (QED) is 0.327. The van der Waals surface area contributed by atoms with Crippen LogP contribution in [-0.4, -0.2) is 68.3 Å². The van der Waals surface area contributed by atoms with Crippen LogP contribution in [0.25, 0.3) is 0 Å². The minimum Gasteiger partial charge on any atom is -0.632 e. The first-order valence-corrected chi connectivity index (χ1v) is 16.0. The van der Waals surface area contributed by atoms with E-state index >= 15 is 0 Å². The van der Waals surface area contributed by atoms with Crippen LogP contribution in [0.1, 0.15) is 83.1 Å². The molecule has 0 bridgehead atoms. The predicted molar refractivity (Wildman–Crippen MR) is 122 cm³/mol. The van der Waals surface area contributed by atoms with Crippen LogP contribution in [0.4, 0.5) is 0 Å². The van der Waals surface area contributed by atoms with Crippen molar-refractivity contribution in [1.82, 2.24) is 0 Å². The van der Waals surface area contributed by atoms with E-state index in [1.807, 2.05) is 83.1 Å². The van der Waals surface area contributed by atoms with Gasteiger partial charge in [0, 0.05) is 24.4 Å². The Morgan fingerprint density at radius 1 is 0.633 bits per heavy atom. The molecule has 0 saturated heterocycles. The zero-order valence-corrected chi connectivity index (χ0v) is 24.2. The second kappa shape index (κ2) is 14.0. The number of hydrogen-bond acceptors (Lipinski definition) is 8. The fourth-order valence-corrected chi connectivity index (χ4v) is 11.5. The standard InChI is InChI=1S/C13H31O6Si2.2C3H7O.Al/c1-10(2)9-20(14,16-11(3)4)19-21(15,17-12(5)6)18-13(7)8;2*1-3(2)4;/h10-14H,9H2,1-8H3;2*3H,1-2H3;/q3*-1;+2/t20-;;;/m1.../s1. The zero-order chi connectivity index (χ0) is 23.7. The molecule has 1 atom stereocenters. The Bertz CT molecular complexity index is 434. The van der Waals surface area contributed by atoms with Crippen molar-refractivity contribution in [3.63, 3.8) is 0 Å². The molecule has 1 radical (unpaired) electrons. The Labute approximate surface area is 191 Å². The fraction of sp³-hybridized carbons (Fsp3) is 1.00. The van der Waals surface area contributed by atoms with E-state index in [4.69, 9.17) is 28.4 Å². The highest BCUT2D eigenvalue weighted by molar-refractivity contribution is 6.74. The van der Waals surface area contributed by atoms with E-state index in [1.165, 1.54) is 0 Å². The highest BCUT2D eigenvalue weighted by Crippen LogP contribution is 2.28.